The number of fused-ring (bicyclic) bond motifs is 2. The lowest BCUT2D eigenvalue weighted by Gasteiger charge is -2.39. The summed E-state index contributed by atoms with van der Waals surface area (Å²) in [6.45, 7) is 7.77. The first-order valence-electron chi connectivity index (χ1n) is 10.3. The van der Waals surface area contributed by atoms with Gasteiger partial charge >= 0.3 is 0 Å². The van der Waals surface area contributed by atoms with Gasteiger partial charge in [-0.3, -0.25) is 9.10 Å². The Balaban J connectivity index is 1.61. The van der Waals surface area contributed by atoms with Crippen LogP contribution >= 0.6 is 0 Å². The molecule has 0 spiro atoms. The Morgan fingerprint density at radius 3 is 2.48 bits per heavy atom. The average Bonchev–Trinajstić information content (AvgIpc) is 2.65. The Labute approximate surface area is 183 Å². The van der Waals surface area contributed by atoms with E-state index in [9.17, 15) is 13.2 Å². The molecule has 0 aliphatic carbocycles. The fourth-order valence-electron chi connectivity index (χ4n) is 4.16. The quantitative estimate of drug-likeness (QED) is 0.786. The third-order valence-corrected chi connectivity index (χ3v) is 6.77. The lowest BCUT2D eigenvalue weighted by atomic mass is 9.89. The minimum absolute atomic E-state index is 0.0749. The highest BCUT2D eigenvalue weighted by molar-refractivity contribution is 7.92. The topological polar surface area (TPSA) is 84.9 Å². The van der Waals surface area contributed by atoms with Gasteiger partial charge in [0.15, 0.2) is 6.10 Å². The standard InChI is InChI=1S/C23H28N2O5S/c1-14-7-9-19-18(10-14)25(31(5,27)28)13-21(29-19)22(26)24-17-12-23(3,4)30-20-11-15(2)6-8-16(17)20/h6-11,17,21H,12-13H2,1-5H3,(H,24,26)/t17-,21-/m0/s1. The van der Waals surface area contributed by atoms with Gasteiger partial charge in [0.05, 0.1) is 24.5 Å². The monoisotopic (exact) mass is 444 g/mol. The lowest BCUT2D eigenvalue weighted by Crippen LogP contribution is -2.52. The normalized spacial score (nSPS) is 21.9. The molecule has 0 saturated heterocycles. The van der Waals surface area contributed by atoms with E-state index in [0.29, 0.717) is 17.9 Å². The van der Waals surface area contributed by atoms with Crippen molar-refractivity contribution in [3.05, 3.63) is 53.1 Å². The van der Waals surface area contributed by atoms with Crippen LogP contribution in [0.25, 0.3) is 0 Å². The van der Waals surface area contributed by atoms with E-state index in [1.165, 1.54) is 4.31 Å². The molecule has 2 aliphatic rings. The third-order valence-electron chi connectivity index (χ3n) is 5.62. The van der Waals surface area contributed by atoms with E-state index in [4.69, 9.17) is 9.47 Å². The van der Waals surface area contributed by atoms with Crippen LogP contribution in [0.2, 0.25) is 0 Å². The van der Waals surface area contributed by atoms with Gasteiger partial charge in [0, 0.05) is 12.0 Å². The molecule has 2 aliphatic heterocycles. The van der Waals surface area contributed by atoms with Crippen molar-refractivity contribution in [3.8, 4) is 11.5 Å². The molecule has 8 heteroatoms. The van der Waals surface area contributed by atoms with Crippen molar-refractivity contribution < 1.29 is 22.7 Å². The first-order chi connectivity index (χ1) is 14.4. The molecule has 2 aromatic carbocycles. The van der Waals surface area contributed by atoms with Crippen molar-refractivity contribution in [1.29, 1.82) is 0 Å². The van der Waals surface area contributed by atoms with Gasteiger partial charge in [-0.1, -0.05) is 18.2 Å². The largest absolute Gasteiger partial charge is 0.487 e. The van der Waals surface area contributed by atoms with Crippen LogP contribution in [0, 0.1) is 13.8 Å². The van der Waals surface area contributed by atoms with Crippen molar-refractivity contribution in [3.63, 3.8) is 0 Å². The van der Waals surface area contributed by atoms with E-state index in [1.807, 2.05) is 52.0 Å². The van der Waals surface area contributed by atoms with Crippen molar-refractivity contribution in [1.82, 2.24) is 5.32 Å². The molecule has 7 nitrogen and oxygen atoms in total. The summed E-state index contributed by atoms with van der Waals surface area (Å²) < 4.78 is 38.1. The van der Waals surface area contributed by atoms with Crippen LogP contribution < -0.4 is 19.1 Å². The smallest absolute Gasteiger partial charge is 0.263 e. The molecule has 2 heterocycles. The SMILES string of the molecule is Cc1ccc2c(c1)OC(C)(C)C[C@@H]2NC(=O)[C@@H]1CN(S(C)(=O)=O)c2cc(C)ccc2O1. The molecular formula is C23H28N2O5S. The second kappa shape index (κ2) is 7.44. The Morgan fingerprint density at radius 1 is 1.10 bits per heavy atom. The number of benzene rings is 2. The zero-order valence-corrected chi connectivity index (χ0v) is 19.2. The van der Waals surface area contributed by atoms with E-state index in [1.54, 1.807) is 12.1 Å². The lowest BCUT2D eigenvalue weighted by molar-refractivity contribution is -0.129. The molecule has 31 heavy (non-hydrogen) atoms. The number of sulfonamides is 1. The van der Waals surface area contributed by atoms with E-state index in [2.05, 4.69) is 5.32 Å². The van der Waals surface area contributed by atoms with E-state index >= 15 is 0 Å². The third kappa shape index (κ3) is 4.35. The molecule has 0 saturated carbocycles. The van der Waals surface area contributed by atoms with E-state index in [0.717, 1.165) is 28.7 Å². The number of rotatable bonds is 3. The predicted molar refractivity (Wildman–Crippen MR) is 119 cm³/mol. The van der Waals surface area contributed by atoms with Gasteiger partial charge in [0.1, 0.15) is 17.1 Å². The number of carbonyl (C=O) groups is 1. The van der Waals surface area contributed by atoms with Crippen LogP contribution in [0.4, 0.5) is 5.69 Å². The first kappa shape index (κ1) is 21.5. The second-order valence-corrected chi connectivity index (χ2v) is 10.9. The molecule has 166 valence electrons. The minimum atomic E-state index is -3.57. The summed E-state index contributed by atoms with van der Waals surface area (Å²) in [5.74, 6) is 0.782. The summed E-state index contributed by atoms with van der Waals surface area (Å²) in [5, 5.41) is 3.07. The molecule has 1 amide bonds. The molecule has 2 aromatic rings. The van der Waals surface area contributed by atoms with Crippen LogP contribution in [0.15, 0.2) is 36.4 Å². The highest BCUT2D eigenvalue weighted by Gasteiger charge is 2.39. The fourth-order valence-corrected chi connectivity index (χ4v) is 5.07. The molecular weight excluding hydrogens is 416 g/mol. The number of carbonyl (C=O) groups excluding carboxylic acids is 1. The Bertz CT molecular complexity index is 1140. The summed E-state index contributed by atoms with van der Waals surface area (Å²) in [4.78, 5) is 13.2. The second-order valence-electron chi connectivity index (χ2n) is 9.04. The van der Waals surface area contributed by atoms with Crippen molar-refractivity contribution in [2.75, 3.05) is 17.1 Å². The summed E-state index contributed by atoms with van der Waals surface area (Å²) in [6, 6.07) is 11.0. The Hall–Kier alpha value is -2.74. The maximum atomic E-state index is 13.2. The van der Waals surface area contributed by atoms with E-state index in [-0.39, 0.29) is 18.5 Å². The van der Waals surface area contributed by atoms with Gasteiger partial charge in [-0.15, -0.1) is 0 Å². The van der Waals surface area contributed by atoms with Crippen molar-refractivity contribution >= 4 is 21.6 Å². The number of amides is 1. The number of nitrogens with zero attached hydrogens (tertiary/aromatic N) is 1. The van der Waals surface area contributed by atoms with Gasteiger partial charge < -0.3 is 14.8 Å². The fraction of sp³-hybridized carbons (Fsp3) is 0.435. The molecule has 4 rings (SSSR count). The zero-order chi connectivity index (χ0) is 22.6. The summed E-state index contributed by atoms with van der Waals surface area (Å²) >= 11 is 0. The van der Waals surface area contributed by atoms with Gasteiger partial charge in [-0.25, -0.2) is 8.42 Å². The molecule has 0 unspecified atom stereocenters. The molecule has 0 radical (unpaired) electrons. The molecule has 0 bridgehead atoms. The van der Waals surface area contributed by atoms with Crippen LogP contribution in [0.1, 0.15) is 43.0 Å². The molecule has 2 atom stereocenters. The van der Waals surface area contributed by atoms with Gasteiger partial charge in [-0.05, 0) is 57.0 Å². The summed E-state index contributed by atoms with van der Waals surface area (Å²) in [7, 11) is -3.57. The molecule has 0 fully saturated rings. The van der Waals surface area contributed by atoms with Crippen LogP contribution in [0.5, 0.6) is 11.5 Å². The molecule has 1 N–H and O–H groups in total. The van der Waals surface area contributed by atoms with Gasteiger partial charge in [0.2, 0.25) is 10.0 Å². The Kier molecular flexibility index (Phi) is 5.16. The summed E-state index contributed by atoms with van der Waals surface area (Å²) in [6.07, 6.45) is 0.774. The zero-order valence-electron chi connectivity index (χ0n) is 18.4. The maximum absolute atomic E-state index is 13.2. The number of ether oxygens (including phenoxy) is 2. The predicted octanol–water partition coefficient (Wildman–Crippen LogP) is 3.25. The van der Waals surface area contributed by atoms with Crippen LogP contribution in [-0.2, 0) is 14.8 Å². The van der Waals surface area contributed by atoms with Gasteiger partial charge in [0.25, 0.3) is 5.91 Å². The number of hydrogen-bond acceptors (Lipinski definition) is 5. The van der Waals surface area contributed by atoms with Crippen LogP contribution in [0.3, 0.4) is 0 Å². The first-order valence-corrected chi connectivity index (χ1v) is 12.1. The molecule has 0 aromatic heterocycles. The minimum Gasteiger partial charge on any atom is -0.487 e. The summed E-state index contributed by atoms with van der Waals surface area (Å²) in [5.41, 5.74) is 2.91. The Morgan fingerprint density at radius 2 is 1.77 bits per heavy atom. The number of hydrogen-bond donors (Lipinski definition) is 1. The highest BCUT2D eigenvalue weighted by atomic mass is 32.2. The van der Waals surface area contributed by atoms with Crippen LogP contribution in [-0.4, -0.2) is 38.8 Å². The number of aryl methyl sites for hydroxylation is 2. The van der Waals surface area contributed by atoms with Crippen molar-refractivity contribution in [2.45, 2.75) is 51.9 Å². The highest BCUT2D eigenvalue weighted by Crippen LogP contribution is 2.40. The maximum Gasteiger partial charge on any atom is 0.263 e. The number of anilines is 1. The number of nitrogens with one attached hydrogen (secondary N) is 1. The van der Waals surface area contributed by atoms with Crippen molar-refractivity contribution in [2.24, 2.45) is 0 Å². The van der Waals surface area contributed by atoms with Gasteiger partial charge in [-0.2, -0.15) is 0 Å². The average molecular weight is 445 g/mol. The van der Waals surface area contributed by atoms with E-state index < -0.39 is 21.7 Å².